The fourth-order valence-corrected chi connectivity index (χ4v) is 3.18. The summed E-state index contributed by atoms with van der Waals surface area (Å²) in [6.45, 7) is 0. The summed E-state index contributed by atoms with van der Waals surface area (Å²) < 4.78 is 10.5. The van der Waals surface area contributed by atoms with Crippen LogP contribution in [-0.2, 0) is 5.54 Å². The summed E-state index contributed by atoms with van der Waals surface area (Å²) in [5.41, 5.74) is 15.6. The van der Waals surface area contributed by atoms with Gasteiger partial charge in [0.15, 0.2) is 0 Å². The van der Waals surface area contributed by atoms with E-state index in [1.807, 2.05) is 78.9 Å². The highest BCUT2D eigenvalue weighted by Gasteiger charge is 2.37. The van der Waals surface area contributed by atoms with Gasteiger partial charge < -0.3 is 20.9 Å². The molecule has 1 unspecified atom stereocenters. The van der Waals surface area contributed by atoms with E-state index in [2.05, 4.69) is 0 Å². The van der Waals surface area contributed by atoms with E-state index < -0.39 is 11.6 Å². The molecule has 0 aliphatic rings. The van der Waals surface area contributed by atoms with E-state index in [0.29, 0.717) is 0 Å². The molecule has 1 atom stereocenters. The maximum absolute atomic E-state index is 6.99. The summed E-state index contributed by atoms with van der Waals surface area (Å²) in [4.78, 5) is 0. The molecule has 0 saturated heterocycles. The third-order valence-electron chi connectivity index (χ3n) is 4.78. The Morgan fingerprint density at radius 1 is 0.692 bits per heavy atom. The Bertz CT molecular complexity index is 783. The SMILES string of the molecule is COc1ccc(C(N)(c2ccc(OC)cc2)C(N)c2ccccc2)cc1. The molecule has 0 amide bonds. The predicted molar refractivity (Wildman–Crippen MR) is 104 cm³/mol. The molecule has 0 bridgehead atoms. The first-order valence-electron chi connectivity index (χ1n) is 8.48. The maximum atomic E-state index is 6.99. The van der Waals surface area contributed by atoms with E-state index in [9.17, 15) is 0 Å². The molecule has 4 N–H and O–H groups in total. The monoisotopic (exact) mass is 348 g/mol. The second kappa shape index (κ2) is 7.60. The van der Waals surface area contributed by atoms with Crippen LogP contribution in [0.3, 0.4) is 0 Å². The molecule has 0 saturated carbocycles. The van der Waals surface area contributed by atoms with Crippen LogP contribution in [0.1, 0.15) is 22.7 Å². The molecule has 3 aromatic rings. The van der Waals surface area contributed by atoms with Gasteiger partial charge in [0.1, 0.15) is 11.5 Å². The van der Waals surface area contributed by atoms with Crippen LogP contribution >= 0.6 is 0 Å². The highest BCUT2D eigenvalue weighted by Crippen LogP contribution is 2.38. The Kier molecular flexibility index (Phi) is 5.26. The van der Waals surface area contributed by atoms with Gasteiger partial charge in [0.2, 0.25) is 0 Å². The van der Waals surface area contributed by atoms with Gasteiger partial charge >= 0.3 is 0 Å². The van der Waals surface area contributed by atoms with E-state index >= 15 is 0 Å². The Balaban J connectivity index is 2.13. The van der Waals surface area contributed by atoms with Crippen molar-refractivity contribution in [3.05, 3.63) is 95.6 Å². The first-order valence-corrected chi connectivity index (χ1v) is 8.48. The fourth-order valence-electron chi connectivity index (χ4n) is 3.18. The number of hydrogen-bond acceptors (Lipinski definition) is 4. The molecule has 3 rings (SSSR count). The molecule has 4 nitrogen and oxygen atoms in total. The van der Waals surface area contributed by atoms with Gasteiger partial charge in [-0.3, -0.25) is 0 Å². The number of nitrogens with two attached hydrogens (primary N) is 2. The molecule has 0 heterocycles. The molecular weight excluding hydrogens is 324 g/mol. The second-order valence-corrected chi connectivity index (χ2v) is 6.21. The molecule has 3 aromatic carbocycles. The number of hydrogen-bond donors (Lipinski definition) is 2. The largest absolute Gasteiger partial charge is 0.497 e. The van der Waals surface area contributed by atoms with Gasteiger partial charge in [0, 0.05) is 0 Å². The lowest BCUT2D eigenvalue weighted by Gasteiger charge is -2.37. The van der Waals surface area contributed by atoms with Gasteiger partial charge in [0.05, 0.1) is 25.8 Å². The molecule has 0 radical (unpaired) electrons. The second-order valence-electron chi connectivity index (χ2n) is 6.21. The lowest BCUT2D eigenvalue weighted by atomic mass is 9.75. The maximum Gasteiger partial charge on any atom is 0.118 e. The van der Waals surface area contributed by atoms with Crippen molar-refractivity contribution in [3.8, 4) is 11.5 Å². The molecule has 0 fully saturated rings. The average molecular weight is 348 g/mol. The Hall–Kier alpha value is -2.82. The summed E-state index contributed by atoms with van der Waals surface area (Å²) in [5.74, 6) is 1.55. The molecule has 4 heteroatoms. The molecule has 26 heavy (non-hydrogen) atoms. The average Bonchev–Trinajstić information content (AvgIpc) is 2.73. The van der Waals surface area contributed by atoms with Crippen LogP contribution in [-0.4, -0.2) is 14.2 Å². The van der Waals surface area contributed by atoms with E-state index in [1.165, 1.54) is 0 Å². The minimum Gasteiger partial charge on any atom is -0.497 e. The third kappa shape index (κ3) is 3.29. The van der Waals surface area contributed by atoms with Crippen LogP contribution in [0.25, 0.3) is 0 Å². The van der Waals surface area contributed by atoms with Gasteiger partial charge in [0.25, 0.3) is 0 Å². The molecule has 0 aliphatic carbocycles. The first kappa shape index (κ1) is 18.0. The van der Waals surface area contributed by atoms with E-state index in [4.69, 9.17) is 20.9 Å². The third-order valence-corrected chi connectivity index (χ3v) is 4.78. The van der Waals surface area contributed by atoms with E-state index in [-0.39, 0.29) is 0 Å². The van der Waals surface area contributed by atoms with Crippen LogP contribution in [0.5, 0.6) is 11.5 Å². The number of benzene rings is 3. The van der Waals surface area contributed by atoms with Crippen molar-refractivity contribution in [2.24, 2.45) is 11.5 Å². The van der Waals surface area contributed by atoms with E-state index in [0.717, 1.165) is 28.2 Å². The van der Waals surface area contributed by atoms with Crippen LogP contribution in [0, 0.1) is 0 Å². The van der Waals surface area contributed by atoms with E-state index in [1.54, 1.807) is 14.2 Å². The highest BCUT2D eigenvalue weighted by molar-refractivity contribution is 5.46. The van der Waals surface area contributed by atoms with Gasteiger partial charge in [-0.2, -0.15) is 0 Å². The summed E-state index contributed by atoms with van der Waals surface area (Å²) in [6, 6.07) is 24.9. The van der Waals surface area contributed by atoms with Crippen LogP contribution in [0.15, 0.2) is 78.9 Å². The molecule has 0 aliphatic heterocycles. The Morgan fingerprint density at radius 3 is 1.50 bits per heavy atom. The zero-order chi connectivity index (χ0) is 18.6. The predicted octanol–water partition coefficient (Wildman–Crippen LogP) is 3.61. The van der Waals surface area contributed by atoms with Crippen molar-refractivity contribution in [2.45, 2.75) is 11.6 Å². The Morgan fingerprint density at radius 2 is 1.12 bits per heavy atom. The van der Waals surface area contributed by atoms with Crippen LogP contribution < -0.4 is 20.9 Å². The van der Waals surface area contributed by atoms with Gasteiger partial charge in [-0.1, -0.05) is 54.6 Å². The zero-order valence-electron chi connectivity index (χ0n) is 15.1. The summed E-state index contributed by atoms with van der Waals surface area (Å²) in [7, 11) is 3.29. The summed E-state index contributed by atoms with van der Waals surface area (Å²) in [6.07, 6.45) is 0. The molecular formula is C22H24N2O2. The van der Waals surface area contributed by atoms with Gasteiger partial charge in [-0.25, -0.2) is 0 Å². The molecule has 0 aromatic heterocycles. The number of ether oxygens (including phenoxy) is 2. The van der Waals surface area contributed by atoms with Crippen LogP contribution in [0.4, 0.5) is 0 Å². The Labute approximate surface area is 154 Å². The summed E-state index contributed by atoms with van der Waals surface area (Å²) in [5, 5.41) is 0. The molecule has 134 valence electrons. The molecule has 0 spiro atoms. The highest BCUT2D eigenvalue weighted by atomic mass is 16.5. The van der Waals surface area contributed by atoms with Gasteiger partial charge in [-0.15, -0.1) is 0 Å². The minimum atomic E-state index is -0.903. The summed E-state index contributed by atoms with van der Waals surface area (Å²) >= 11 is 0. The lowest BCUT2D eigenvalue weighted by molar-refractivity contribution is 0.408. The van der Waals surface area contributed by atoms with Crippen molar-refractivity contribution in [3.63, 3.8) is 0 Å². The topological polar surface area (TPSA) is 70.5 Å². The van der Waals surface area contributed by atoms with Crippen LogP contribution in [0.2, 0.25) is 0 Å². The van der Waals surface area contributed by atoms with Gasteiger partial charge in [-0.05, 0) is 41.0 Å². The number of methoxy groups -OCH3 is 2. The normalized spacial score (nSPS) is 12.5. The lowest BCUT2D eigenvalue weighted by Crippen LogP contribution is -2.47. The zero-order valence-corrected chi connectivity index (χ0v) is 15.1. The van der Waals surface area contributed by atoms with Crippen molar-refractivity contribution in [1.82, 2.24) is 0 Å². The first-order chi connectivity index (χ1) is 12.6. The van der Waals surface area contributed by atoms with Crippen molar-refractivity contribution in [2.75, 3.05) is 14.2 Å². The standard InChI is InChI=1S/C22H24N2O2/c1-25-19-12-8-17(9-13-19)22(24,18-10-14-20(26-2)15-11-18)21(23)16-6-4-3-5-7-16/h3-15,21H,23-24H2,1-2H3. The van der Waals surface area contributed by atoms with Crippen molar-refractivity contribution in [1.29, 1.82) is 0 Å². The fraction of sp³-hybridized carbons (Fsp3) is 0.182. The van der Waals surface area contributed by atoms with Crippen molar-refractivity contribution < 1.29 is 9.47 Å². The smallest absolute Gasteiger partial charge is 0.118 e. The van der Waals surface area contributed by atoms with Crippen molar-refractivity contribution >= 4 is 0 Å². The number of rotatable bonds is 6. The minimum absolute atomic E-state index is 0.425. The quantitative estimate of drug-likeness (QED) is 0.714.